The Morgan fingerprint density at radius 1 is 1.14 bits per heavy atom. The molecular formula is C27H23F6N5O4. The highest BCUT2D eigenvalue weighted by atomic mass is 19.4. The van der Waals surface area contributed by atoms with Gasteiger partial charge >= 0.3 is 6.18 Å². The van der Waals surface area contributed by atoms with Gasteiger partial charge in [0.2, 0.25) is 5.60 Å². The third-order valence-corrected chi connectivity index (χ3v) is 6.73. The molecule has 9 nitrogen and oxygen atoms in total. The maximum absolute atomic E-state index is 14.1. The number of carbonyl (C=O) groups excluding carboxylic acids is 1. The van der Waals surface area contributed by atoms with Crippen LogP contribution in [0.15, 0.2) is 40.9 Å². The van der Waals surface area contributed by atoms with Crippen molar-refractivity contribution in [1.82, 2.24) is 24.6 Å². The van der Waals surface area contributed by atoms with Gasteiger partial charge in [-0.1, -0.05) is 6.07 Å². The van der Waals surface area contributed by atoms with Crippen LogP contribution in [0.3, 0.4) is 0 Å². The quantitative estimate of drug-likeness (QED) is 0.208. The summed E-state index contributed by atoms with van der Waals surface area (Å²) in [5.74, 6) is -5.48. The molecule has 0 N–H and O–H groups in total. The van der Waals surface area contributed by atoms with Gasteiger partial charge in [-0.15, -0.1) is 10.2 Å². The second-order valence-electron chi connectivity index (χ2n) is 9.67. The molecule has 1 unspecified atom stereocenters. The van der Waals surface area contributed by atoms with Crippen molar-refractivity contribution < 1.29 is 45.0 Å². The SMILES string of the molecule is COc1cc(-c2nnc3n2CCCC3(Oc2cc(F)c(F)c(F)c2)C(=O)N(C)CC(F)(F)F)ccc1-c1cnc(C)o1. The Hall–Kier alpha value is -4.56. The smallest absolute Gasteiger partial charge is 0.406 e. The van der Waals surface area contributed by atoms with Gasteiger partial charge in [-0.05, 0) is 18.6 Å². The Bertz CT molecular complexity index is 1630. The van der Waals surface area contributed by atoms with Crippen LogP contribution in [-0.4, -0.2) is 57.4 Å². The minimum Gasteiger partial charge on any atom is -0.496 e. The van der Waals surface area contributed by atoms with Gasteiger partial charge in [-0.2, -0.15) is 13.2 Å². The fraction of sp³-hybridized carbons (Fsp3) is 0.333. The number of fused-ring (bicyclic) bond motifs is 1. The van der Waals surface area contributed by atoms with Crippen molar-refractivity contribution in [3.63, 3.8) is 0 Å². The normalized spacial score (nSPS) is 16.7. The zero-order valence-corrected chi connectivity index (χ0v) is 22.4. The first-order valence-corrected chi connectivity index (χ1v) is 12.5. The van der Waals surface area contributed by atoms with E-state index in [1.807, 2.05) is 0 Å². The van der Waals surface area contributed by atoms with Crippen LogP contribution < -0.4 is 9.47 Å². The molecule has 1 aliphatic rings. The van der Waals surface area contributed by atoms with Crippen LogP contribution in [0.1, 0.15) is 24.6 Å². The summed E-state index contributed by atoms with van der Waals surface area (Å²) in [5, 5.41) is 8.31. The Labute approximate surface area is 234 Å². The van der Waals surface area contributed by atoms with Gasteiger partial charge in [0.15, 0.2) is 40.8 Å². The lowest BCUT2D eigenvalue weighted by molar-refractivity contribution is -0.171. The highest BCUT2D eigenvalue weighted by molar-refractivity contribution is 5.86. The Kier molecular flexibility index (Phi) is 7.37. The summed E-state index contributed by atoms with van der Waals surface area (Å²) in [6, 6.07) is 6.00. The van der Waals surface area contributed by atoms with E-state index in [4.69, 9.17) is 13.9 Å². The van der Waals surface area contributed by atoms with Gasteiger partial charge in [0.25, 0.3) is 5.91 Å². The van der Waals surface area contributed by atoms with E-state index in [9.17, 15) is 31.1 Å². The fourth-order valence-electron chi connectivity index (χ4n) is 4.93. The van der Waals surface area contributed by atoms with Crippen molar-refractivity contribution in [2.24, 2.45) is 0 Å². The second kappa shape index (κ2) is 10.7. The summed E-state index contributed by atoms with van der Waals surface area (Å²) in [6.45, 7) is 0.281. The molecule has 0 saturated heterocycles. The number of benzene rings is 2. The van der Waals surface area contributed by atoms with Gasteiger partial charge < -0.3 is 23.4 Å². The van der Waals surface area contributed by atoms with Crippen molar-refractivity contribution in [3.8, 4) is 34.2 Å². The molecule has 15 heteroatoms. The van der Waals surface area contributed by atoms with Crippen molar-refractivity contribution in [2.45, 2.75) is 38.1 Å². The highest BCUT2D eigenvalue weighted by Gasteiger charge is 2.52. The highest BCUT2D eigenvalue weighted by Crippen LogP contribution is 2.41. The molecule has 0 aliphatic carbocycles. The number of carbonyl (C=O) groups is 1. The topological polar surface area (TPSA) is 95.5 Å². The molecule has 0 saturated carbocycles. The summed E-state index contributed by atoms with van der Waals surface area (Å²) < 4.78 is 99.9. The van der Waals surface area contributed by atoms with E-state index in [0.717, 1.165) is 7.05 Å². The molecule has 0 spiro atoms. The number of hydrogen-bond acceptors (Lipinski definition) is 7. The summed E-state index contributed by atoms with van der Waals surface area (Å²) in [4.78, 5) is 18.1. The summed E-state index contributed by atoms with van der Waals surface area (Å²) in [5.41, 5.74) is -1.22. The molecule has 3 heterocycles. The molecule has 2 aromatic heterocycles. The first-order chi connectivity index (χ1) is 19.8. The van der Waals surface area contributed by atoms with Gasteiger partial charge in [-0.25, -0.2) is 18.2 Å². The summed E-state index contributed by atoms with van der Waals surface area (Å²) in [7, 11) is 2.36. The van der Waals surface area contributed by atoms with E-state index < -0.39 is 47.4 Å². The van der Waals surface area contributed by atoms with Gasteiger partial charge in [0.1, 0.15) is 18.0 Å². The molecule has 222 valence electrons. The number of ether oxygens (including phenoxy) is 2. The van der Waals surface area contributed by atoms with Crippen LogP contribution in [0.2, 0.25) is 0 Å². The van der Waals surface area contributed by atoms with Crippen molar-refractivity contribution in [2.75, 3.05) is 20.7 Å². The maximum Gasteiger partial charge on any atom is 0.406 e. The zero-order chi connectivity index (χ0) is 30.4. The Morgan fingerprint density at radius 2 is 1.86 bits per heavy atom. The molecule has 1 amide bonds. The molecule has 1 atom stereocenters. The number of nitrogens with zero attached hydrogens (tertiary/aromatic N) is 5. The second-order valence-corrected chi connectivity index (χ2v) is 9.67. The third-order valence-electron chi connectivity index (χ3n) is 6.73. The Morgan fingerprint density at radius 3 is 2.48 bits per heavy atom. The molecule has 4 aromatic rings. The van der Waals surface area contributed by atoms with Crippen molar-refractivity contribution in [3.05, 3.63) is 65.7 Å². The van der Waals surface area contributed by atoms with Crippen molar-refractivity contribution in [1.29, 1.82) is 0 Å². The lowest BCUT2D eigenvalue weighted by Crippen LogP contribution is -2.54. The molecular weight excluding hydrogens is 572 g/mol. The van der Waals surface area contributed by atoms with E-state index in [2.05, 4.69) is 15.2 Å². The molecule has 5 rings (SSSR count). The van der Waals surface area contributed by atoms with Crippen LogP contribution in [0.5, 0.6) is 11.5 Å². The number of likely N-dealkylation sites (N-methyl/N-ethyl adjacent to an activating group) is 1. The largest absolute Gasteiger partial charge is 0.496 e. The van der Waals surface area contributed by atoms with Crippen molar-refractivity contribution >= 4 is 5.91 Å². The third kappa shape index (κ3) is 5.25. The monoisotopic (exact) mass is 595 g/mol. The predicted molar refractivity (Wildman–Crippen MR) is 134 cm³/mol. The molecule has 2 aromatic carbocycles. The first-order valence-electron chi connectivity index (χ1n) is 12.5. The minimum absolute atomic E-state index is 0.183. The van der Waals surface area contributed by atoms with Gasteiger partial charge in [0, 0.05) is 44.6 Å². The van der Waals surface area contributed by atoms with E-state index in [0.29, 0.717) is 45.6 Å². The number of halogens is 6. The number of aryl methyl sites for hydroxylation is 1. The van der Waals surface area contributed by atoms with Gasteiger partial charge in [0.05, 0.1) is 18.9 Å². The summed E-state index contributed by atoms with van der Waals surface area (Å²) in [6.07, 6.45) is -3.25. The van der Waals surface area contributed by atoms with Crippen LogP contribution in [-0.2, 0) is 16.9 Å². The first kappa shape index (κ1) is 29.0. The lowest BCUT2D eigenvalue weighted by atomic mass is 9.90. The minimum atomic E-state index is -4.76. The Balaban J connectivity index is 1.62. The maximum atomic E-state index is 14.1. The van der Waals surface area contributed by atoms with E-state index in [-0.39, 0.29) is 31.0 Å². The lowest BCUT2D eigenvalue weighted by Gasteiger charge is -2.38. The fourth-order valence-corrected chi connectivity index (χ4v) is 4.93. The molecule has 1 aliphatic heterocycles. The summed E-state index contributed by atoms with van der Waals surface area (Å²) >= 11 is 0. The number of oxazole rings is 1. The number of amides is 1. The number of alkyl halides is 3. The zero-order valence-electron chi connectivity index (χ0n) is 22.4. The van der Waals surface area contributed by atoms with E-state index in [1.165, 1.54) is 17.9 Å². The molecule has 42 heavy (non-hydrogen) atoms. The number of methoxy groups -OCH3 is 1. The van der Waals surface area contributed by atoms with Crippen LogP contribution >= 0.6 is 0 Å². The average molecular weight is 596 g/mol. The number of rotatable bonds is 7. The molecule has 0 radical (unpaired) electrons. The standard InChI is InChI=1S/C27H23F6N5O4/c1-14-34-12-21(41-14)17-6-5-15(9-20(17)40-3)23-35-36-24-26(7-4-8-38(23)24,25(39)37(2)13-27(31,32)33)42-16-10-18(28)22(30)19(29)11-16/h5-6,9-12H,4,7-8,13H2,1-3H3. The predicted octanol–water partition coefficient (Wildman–Crippen LogP) is 5.42. The molecule has 0 fully saturated rings. The van der Waals surface area contributed by atoms with Gasteiger partial charge in [-0.3, -0.25) is 4.79 Å². The average Bonchev–Trinajstić information content (AvgIpc) is 3.57. The molecule has 0 bridgehead atoms. The van der Waals surface area contributed by atoms with Crippen LogP contribution in [0, 0.1) is 24.4 Å². The van der Waals surface area contributed by atoms with Crippen LogP contribution in [0.25, 0.3) is 22.7 Å². The number of hydrogen-bond donors (Lipinski definition) is 0. The van der Waals surface area contributed by atoms with E-state index in [1.54, 1.807) is 25.1 Å². The number of aromatic nitrogens is 4. The van der Waals surface area contributed by atoms with Crippen LogP contribution in [0.4, 0.5) is 26.3 Å². The van der Waals surface area contributed by atoms with E-state index >= 15 is 0 Å².